The molecule has 1 heterocycles. The van der Waals surface area contributed by atoms with Crippen LogP contribution in [0.25, 0.3) is 16.6 Å². The molecule has 0 bridgehead atoms. The first kappa shape index (κ1) is 26.9. The number of aromatic carboxylic acids is 1. The maximum Gasteiger partial charge on any atom is 0.416 e. The first-order valence-electron chi connectivity index (χ1n) is 11.2. The molecule has 200 valence electrons. The number of nitrogens with zero attached hydrogens (tertiary/aromatic N) is 1. The molecule has 0 aliphatic heterocycles. The van der Waals surface area contributed by atoms with Crippen LogP contribution in [-0.2, 0) is 16.2 Å². The van der Waals surface area contributed by atoms with Crippen molar-refractivity contribution in [2.45, 2.75) is 26.1 Å². The number of fused-ring (bicyclic) bond motifs is 1. The largest absolute Gasteiger partial charge is 0.491 e. The summed E-state index contributed by atoms with van der Waals surface area (Å²) in [5.41, 5.74) is -0.578. The van der Waals surface area contributed by atoms with Crippen LogP contribution in [0.15, 0.2) is 66.7 Å². The highest BCUT2D eigenvalue weighted by Crippen LogP contribution is 2.38. The Morgan fingerprint density at radius 1 is 0.947 bits per heavy atom. The van der Waals surface area contributed by atoms with Crippen molar-refractivity contribution in [3.05, 3.63) is 78.0 Å². The zero-order valence-electron chi connectivity index (χ0n) is 20.4. The van der Waals surface area contributed by atoms with Gasteiger partial charge in [0.15, 0.2) is 5.69 Å². The van der Waals surface area contributed by atoms with Gasteiger partial charge in [-0.15, -0.1) is 0 Å². The fourth-order valence-electron chi connectivity index (χ4n) is 3.89. The Labute approximate surface area is 216 Å². The van der Waals surface area contributed by atoms with E-state index >= 15 is 0 Å². The second-order valence-electron chi connectivity index (χ2n) is 8.70. The summed E-state index contributed by atoms with van der Waals surface area (Å²) in [4.78, 5) is 12.4. The second kappa shape index (κ2) is 9.93. The summed E-state index contributed by atoms with van der Waals surface area (Å²) in [6.45, 7) is 3.73. The van der Waals surface area contributed by atoms with Gasteiger partial charge in [0, 0.05) is 11.1 Å². The monoisotopic (exact) mass is 548 g/mol. The van der Waals surface area contributed by atoms with Crippen molar-refractivity contribution in [2.75, 3.05) is 11.0 Å². The molecule has 0 amide bonds. The molecule has 0 fully saturated rings. The van der Waals surface area contributed by atoms with E-state index < -0.39 is 27.7 Å². The Morgan fingerprint density at radius 3 is 2.05 bits per heavy atom. The minimum Gasteiger partial charge on any atom is -0.491 e. The molecule has 4 aromatic rings. The number of halogens is 3. The first-order valence-corrected chi connectivity index (χ1v) is 13.1. The highest BCUT2D eigenvalue weighted by atomic mass is 32.2. The molecule has 0 spiro atoms. The van der Waals surface area contributed by atoms with Crippen LogP contribution in [0, 0.1) is 0 Å². The van der Waals surface area contributed by atoms with E-state index in [-0.39, 0.29) is 34.4 Å². The second-order valence-corrected chi connectivity index (χ2v) is 10.5. The predicted molar refractivity (Wildman–Crippen MR) is 136 cm³/mol. The van der Waals surface area contributed by atoms with Gasteiger partial charge in [0.25, 0.3) is 0 Å². The number of hydrogen-bond acceptors (Lipinski definition) is 5. The molecule has 0 unspecified atom stereocenters. The Kier molecular flexibility index (Phi) is 7.02. The third kappa shape index (κ3) is 5.86. The average molecular weight is 549 g/mol. The Morgan fingerprint density at radius 2 is 1.53 bits per heavy atom. The molecule has 0 radical (unpaired) electrons. The van der Waals surface area contributed by atoms with Crippen LogP contribution in [0.2, 0.25) is 0 Å². The van der Waals surface area contributed by atoms with Gasteiger partial charge in [-0.3, -0.25) is 4.72 Å². The summed E-state index contributed by atoms with van der Waals surface area (Å²) < 4.78 is 77.9. The van der Waals surface area contributed by atoms with E-state index in [2.05, 4.69) is 4.72 Å². The predicted octanol–water partition coefficient (Wildman–Crippen LogP) is 6.30. The van der Waals surface area contributed by atoms with Crippen LogP contribution < -0.4 is 14.2 Å². The number of benzene rings is 3. The number of sulfonamides is 1. The molecular formula is C26H23F3N2O6S. The highest BCUT2D eigenvalue weighted by molar-refractivity contribution is 7.92. The van der Waals surface area contributed by atoms with Gasteiger partial charge < -0.3 is 19.1 Å². The maximum absolute atomic E-state index is 12.9. The van der Waals surface area contributed by atoms with Crippen LogP contribution in [0.5, 0.6) is 17.2 Å². The number of hydrogen-bond donors (Lipinski definition) is 2. The molecule has 0 saturated carbocycles. The van der Waals surface area contributed by atoms with Crippen LogP contribution >= 0.6 is 0 Å². The lowest BCUT2D eigenvalue weighted by molar-refractivity contribution is -0.137. The fraction of sp³-hybridized carbons (Fsp3) is 0.192. The molecule has 1 aromatic heterocycles. The highest BCUT2D eigenvalue weighted by Gasteiger charge is 2.30. The summed E-state index contributed by atoms with van der Waals surface area (Å²) in [5, 5.41) is 10.3. The van der Waals surface area contributed by atoms with Crippen LogP contribution in [0.1, 0.15) is 29.9 Å². The fourth-order valence-corrected chi connectivity index (χ4v) is 4.46. The molecule has 3 aromatic carbocycles. The smallest absolute Gasteiger partial charge is 0.416 e. The molecule has 4 rings (SSSR count). The molecular weight excluding hydrogens is 525 g/mol. The molecule has 0 saturated heterocycles. The summed E-state index contributed by atoms with van der Waals surface area (Å²) >= 11 is 0. The molecule has 0 aliphatic carbocycles. The molecule has 2 N–H and O–H groups in total. The van der Waals surface area contributed by atoms with Crippen molar-refractivity contribution in [1.29, 1.82) is 0 Å². The SMILES string of the molecule is CC(C)Oc1ccc(-n2c(C(=O)O)c(NS(C)(=O)=O)c3cc(Oc4ccc(C(F)(F)F)cc4)ccc32)cc1. The standard InChI is InChI=1S/C26H23F3N2O6S/c1-15(2)36-18-10-6-17(7-11-18)31-22-13-12-20(37-19-8-4-16(5-9-19)26(27,28)29)14-21(22)23(24(31)25(32)33)30-38(3,34)35/h4-15,30H,1-3H3,(H,32,33). The molecule has 38 heavy (non-hydrogen) atoms. The van der Waals surface area contributed by atoms with Gasteiger partial charge in [0.05, 0.1) is 29.1 Å². The van der Waals surface area contributed by atoms with Gasteiger partial charge in [-0.1, -0.05) is 0 Å². The number of nitrogens with one attached hydrogen (secondary N) is 1. The van der Waals surface area contributed by atoms with Gasteiger partial charge in [0.1, 0.15) is 17.2 Å². The lowest BCUT2D eigenvalue weighted by atomic mass is 10.2. The quantitative estimate of drug-likeness (QED) is 0.268. The zero-order valence-corrected chi connectivity index (χ0v) is 21.2. The first-order chi connectivity index (χ1) is 17.7. The Bertz CT molecular complexity index is 1590. The molecule has 12 heteroatoms. The van der Waals surface area contributed by atoms with E-state index in [0.717, 1.165) is 30.5 Å². The third-order valence-electron chi connectivity index (χ3n) is 5.31. The number of aromatic nitrogens is 1. The number of carboxylic acids is 1. The van der Waals surface area contributed by atoms with Gasteiger partial charge in [0.2, 0.25) is 10.0 Å². The van der Waals surface area contributed by atoms with E-state index in [4.69, 9.17) is 9.47 Å². The summed E-state index contributed by atoms with van der Waals surface area (Å²) in [6.07, 6.45) is -3.68. The third-order valence-corrected chi connectivity index (χ3v) is 5.89. The van der Waals surface area contributed by atoms with E-state index in [0.29, 0.717) is 17.0 Å². The van der Waals surface area contributed by atoms with E-state index in [1.165, 1.54) is 22.8 Å². The van der Waals surface area contributed by atoms with Crippen molar-refractivity contribution in [3.8, 4) is 22.9 Å². The summed E-state index contributed by atoms with van der Waals surface area (Å²) in [5.74, 6) is -0.559. The Balaban J connectivity index is 1.85. The normalized spacial score (nSPS) is 12.1. The number of carboxylic acid groups (broad SMARTS) is 1. The minimum absolute atomic E-state index is 0.0727. The van der Waals surface area contributed by atoms with Crippen LogP contribution in [-0.4, -0.2) is 36.4 Å². The number of anilines is 1. The number of alkyl halides is 3. The number of rotatable bonds is 8. The van der Waals surface area contributed by atoms with Crippen molar-refractivity contribution < 1.29 is 41.0 Å². The molecule has 0 atom stereocenters. The minimum atomic E-state index is -4.50. The van der Waals surface area contributed by atoms with Crippen molar-refractivity contribution in [2.24, 2.45) is 0 Å². The van der Waals surface area contributed by atoms with Crippen molar-refractivity contribution >= 4 is 32.6 Å². The summed E-state index contributed by atoms with van der Waals surface area (Å²) in [6, 6.07) is 15.1. The van der Waals surface area contributed by atoms with E-state index in [1.54, 1.807) is 24.3 Å². The molecule has 8 nitrogen and oxygen atoms in total. The topological polar surface area (TPSA) is 107 Å². The summed E-state index contributed by atoms with van der Waals surface area (Å²) in [7, 11) is -3.90. The van der Waals surface area contributed by atoms with Gasteiger partial charge >= 0.3 is 12.1 Å². The van der Waals surface area contributed by atoms with Gasteiger partial charge in [-0.2, -0.15) is 13.2 Å². The van der Waals surface area contributed by atoms with Crippen LogP contribution in [0.4, 0.5) is 18.9 Å². The van der Waals surface area contributed by atoms with E-state index in [9.17, 15) is 31.5 Å². The average Bonchev–Trinajstić information content (AvgIpc) is 3.11. The number of ether oxygens (including phenoxy) is 2. The van der Waals surface area contributed by atoms with Crippen molar-refractivity contribution in [3.63, 3.8) is 0 Å². The number of carbonyl (C=O) groups is 1. The van der Waals surface area contributed by atoms with Gasteiger partial charge in [-0.25, -0.2) is 13.2 Å². The lowest BCUT2D eigenvalue weighted by Gasteiger charge is -2.13. The van der Waals surface area contributed by atoms with Crippen molar-refractivity contribution in [1.82, 2.24) is 4.57 Å². The lowest BCUT2D eigenvalue weighted by Crippen LogP contribution is -2.14. The molecule has 0 aliphatic rings. The Hall–Kier alpha value is -4.19. The zero-order chi connectivity index (χ0) is 27.8. The van der Waals surface area contributed by atoms with E-state index in [1.807, 2.05) is 13.8 Å². The maximum atomic E-state index is 12.9. The van der Waals surface area contributed by atoms with Gasteiger partial charge in [-0.05, 0) is 80.6 Å². The van der Waals surface area contributed by atoms with Crippen LogP contribution in [0.3, 0.4) is 0 Å².